The molecule has 1 aliphatic rings. The Morgan fingerprint density at radius 3 is 2.81 bits per heavy atom. The molecule has 0 aliphatic carbocycles. The predicted octanol–water partition coefficient (Wildman–Crippen LogP) is 0.647. The number of carbonyl (C=O) groups excluding carboxylic acids is 2. The number of hydrogen-bond donors (Lipinski definition) is 1. The standard InChI is InChI=1S/C12H14N2O2/c15-9-13-11-6-7-14(8-11)12(16)10-4-2-1-3-5-10/h1-5,9,11H,6-8H2,(H,13,15). The van der Waals surface area contributed by atoms with Crippen LogP contribution in [0.15, 0.2) is 30.3 Å². The van der Waals surface area contributed by atoms with E-state index in [2.05, 4.69) is 5.32 Å². The van der Waals surface area contributed by atoms with E-state index in [1.54, 1.807) is 4.90 Å². The van der Waals surface area contributed by atoms with Gasteiger partial charge in [-0.25, -0.2) is 0 Å². The van der Waals surface area contributed by atoms with Gasteiger partial charge in [-0.15, -0.1) is 0 Å². The summed E-state index contributed by atoms with van der Waals surface area (Å²) in [6, 6.07) is 9.31. The van der Waals surface area contributed by atoms with Gasteiger partial charge in [-0.3, -0.25) is 9.59 Å². The fraction of sp³-hybridized carbons (Fsp3) is 0.333. The van der Waals surface area contributed by atoms with E-state index < -0.39 is 0 Å². The maximum atomic E-state index is 12.0. The van der Waals surface area contributed by atoms with Gasteiger partial charge in [0.25, 0.3) is 5.91 Å². The van der Waals surface area contributed by atoms with Crippen LogP contribution in [0.5, 0.6) is 0 Å². The highest BCUT2D eigenvalue weighted by Gasteiger charge is 2.26. The molecule has 1 aromatic rings. The first-order valence-electron chi connectivity index (χ1n) is 5.35. The molecule has 4 nitrogen and oxygen atoms in total. The van der Waals surface area contributed by atoms with Gasteiger partial charge < -0.3 is 10.2 Å². The lowest BCUT2D eigenvalue weighted by Gasteiger charge is -2.16. The molecule has 1 N–H and O–H groups in total. The van der Waals surface area contributed by atoms with Crippen molar-refractivity contribution >= 4 is 12.3 Å². The quantitative estimate of drug-likeness (QED) is 0.757. The topological polar surface area (TPSA) is 49.4 Å². The third-order valence-corrected chi connectivity index (χ3v) is 2.80. The van der Waals surface area contributed by atoms with Crippen LogP contribution >= 0.6 is 0 Å². The lowest BCUT2D eigenvalue weighted by Crippen LogP contribution is -2.34. The number of hydrogen-bond acceptors (Lipinski definition) is 2. The van der Waals surface area contributed by atoms with Gasteiger partial charge in [0.2, 0.25) is 6.41 Å². The zero-order valence-electron chi connectivity index (χ0n) is 8.93. The highest BCUT2D eigenvalue weighted by atomic mass is 16.2. The minimum atomic E-state index is 0.0378. The van der Waals surface area contributed by atoms with Gasteiger partial charge >= 0.3 is 0 Å². The number of amides is 2. The average molecular weight is 218 g/mol. The molecule has 16 heavy (non-hydrogen) atoms. The largest absolute Gasteiger partial charge is 0.354 e. The summed E-state index contributed by atoms with van der Waals surface area (Å²) < 4.78 is 0. The second-order valence-corrected chi connectivity index (χ2v) is 3.89. The van der Waals surface area contributed by atoms with Gasteiger partial charge in [0.1, 0.15) is 0 Å². The van der Waals surface area contributed by atoms with Crippen molar-refractivity contribution in [1.29, 1.82) is 0 Å². The van der Waals surface area contributed by atoms with Crippen LogP contribution in [0.1, 0.15) is 16.8 Å². The normalized spacial score (nSPS) is 19.5. The Balaban J connectivity index is 2.00. The van der Waals surface area contributed by atoms with Crippen molar-refractivity contribution in [2.45, 2.75) is 12.5 Å². The second-order valence-electron chi connectivity index (χ2n) is 3.89. The molecule has 0 radical (unpaired) electrons. The highest BCUT2D eigenvalue weighted by molar-refractivity contribution is 5.94. The molecule has 84 valence electrons. The van der Waals surface area contributed by atoms with Gasteiger partial charge in [-0.2, -0.15) is 0 Å². The summed E-state index contributed by atoms with van der Waals surface area (Å²) in [5.74, 6) is 0.0378. The molecule has 0 bridgehead atoms. The molecule has 2 amide bonds. The molecule has 1 heterocycles. The van der Waals surface area contributed by atoms with Crippen LogP contribution in [-0.4, -0.2) is 36.3 Å². The fourth-order valence-electron chi connectivity index (χ4n) is 1.94. The Kier molecular flexibility index (Phi) is 3.19. The lowest BCUT2D eigenvalue weighted by molar-refractivity contribution is -0.110. The third kappa shape index (κ3) is 2.21. The van der Waals surface area contributed by atoms with Crippen LogP contribution < -0.4 is 5.32 Å². The van der Waals surface area contributed by atoms with Gasteiger partial charge in [0, 0.05) is 24.7 Å². The van der Waals surface area contributed by atoms with Gasteiger partial charge in [0.05, 0.1) is 0 Å². The Morgan fingerprint density at radius 1 is 1.38 bits per heavy atom. The van der Waals surface area contributed by atoms with Crippen molar-refractivity contribution in [1.82, 2.24) is 10.2 Å². The second kappa shape index (κ2) is 4.79. The van der Waals surface area contributed by atoms with Crippen LogP contribution in [0.2, 0.25) is 0 Å². The highest BCUT2D eigenvalue weighted by Crippen LogP contribution is 2.13. The van der Waals surface area contributed by atoms with Crippen molar-refractivity contribution in [3.05, 3.63) is 35.9 Å². The number of likely N-dealkylation sites (tertiary alicyclic amines) is 1. The summed E-state index contributed by atoms with van der Waals surface area (Å²) in [5.41, 5.74) is 0.703. The summed E-state index contributed by atoms with van der Waals surface area (Å²) in [5, 5.41) is 2.71. The van der Waals surface area contributed by atoms with E-state index in [1.165, 1.54) is 0 Å². The third-order valence-electron chi connectivity index (χ3n) is 2.80. The predicted molar refractivity (Wildman–Crippen MR) is 60.0 cm³/mol. The van der Waals surface area contributed by atoms with E-state index in [0.29, 0.717) is 25.1 Å². The molecule has 2 rings (SSSR count). The van der Waals surface area contributed by atoms with E-state index in [4.69, 9.17) is 0 Å². The molecule has 4 heteroatoms. The number of carbonyl (C=O) groups is 2. The van der Waals surface area contributed by atoms with Crippen LogP contribution in [0.25, 0.3) is 0 Å². The fourth-order valence-corrected chi connectivity index (χ4v) is 1.94. The average Bonchev–Trinajstić information content (AvgIpc) is 2.78. The SMILES string of the molecule is O=CNC1CCN(C(=O)c2ccccc2)C1. The van der Waals surface area contributed by atoms with Crippen LogP contribution in [-0.2, 0) is 4.79 Å². The molecule has 1 atom stereocenters. The van der Waals surface area contributed by atoms with Crippen molar-refractivity contribution in [2.75, 3.05) is 13.1 Å². The van der Waals surface area contributed by atoms with E-state index in [9.17, 15) is 9.59 Å². The zero-order chi connectivity index (χ0) is 11.4. The molecule has 1 aliphatic heterocycles. The Labute approximate surface area is 94.2 Å². The zero-order valence-corrected chi connectivity index (χ0v) is 8.93. The molecule has 1 aromatic carbocycles. The first kappa shape index (κ1) is 10.7. The number of nitrogens with zero attached hydrogens (tertiary/aromatic N) is 1. The van der Waals surface area contributed by atoms with Gasteiger partial charge in [0.15, 0.2) is 0 Å². The van der Waals surface area contributed by atoms with Crippen LogP contribution in [0, 0.1) is 0 Å². The van der Waals surface area contributed by atoms with Crippen molar-refractivity contribution < 1.29 is 9.59 Å². The minimum absolute atomic E-state index is 0.0378. The Hall–Kier alpha value is -1.84. The molecule has 1 fully saturated rings. The summed E-state index contributed by atoms with van der Waals surface area (Å²) in [7, 11) is 0. The minimum Gasteiger partial charge on any atom is -0.354 e. The maximum Gasteiger partial charge on any atom is 0.253 e. The first-order valence-corrected chi connectivity index (χ1v) is 5.35. The number of benzene rings is 1. The molecular formula is C12H14N2O2. The number of nitrogens with one attached hydrogen (secondary N) is 1. The van der Waals surface area contributed by atoms with E-state index in [-0.39, 0.29) is 11.9 Å². The van der Waals surface area contributed by atoms with Crippen molar-refractivity contribution in [2.24, 2.45) is 0 Å². The summed E-state index contributed by atoms with van der Waals surface area (Å²) in [4.78, 5) is 24.1. The molecule has 1 unspecified atom stereocenters. The monoisotopic (exact) mass is 218 g/mol. The maximum absolute atomic E-state index is 12.0. The molecule has 0 spiro atoms. The smallest absolute Gasteiger partial charge is 0.253 e. The lowest BCUT2D eigenvalue weighted by atomic mass is 10.2. The van der Waals surface area contributed by atoms with Crippen LogP contribution in [0.3, 0.4) is 0 Å². The summed E-state index contributed by atoms with van der Waals surface area (Å²) >= 11 is 0. The van der Waals surface area contributed by atoms with Gasteiger partial charge in [-0.05, 0) is 18.6 Å². The Bertz CT molecular complexity index is 378. The van der Waals surface area contributed by atoms with Crippen molar-refractivity contribution in [3.8, 4) is 0 Å². The molecular weight excluding hydrogens is 204 g/mol. The van der Waals surface area contributed by atoms with Crippen molar-refractivity contribution in [3.63, 3.8) is 0 Å². The number of rotatable bonds is 3. The Morgan fingerprint density at radius 2 is 2.12 bits per heavy atom. The summed E-state index contributed by atoms with van der Waals surface area (Å²) in [6.07, 6.45) is 1.53. The van der Waals surface area contributed by atoms with E-state index >= 15 is 0 Å². The molecule has 0 aromatic heterocycles. The van der Waals surface area contributed by atoms with Gasteiger partial charge in [-0.1, -0.05) is 18.2 Å². The first-order chi connectivity index (χ1) is 7.81. The van der Waals surface area contributed by atoms with E-state index in [1.807, 2.05) is 30.3 Å². The molecule has 1 saturated heterocycles. The summed E-state index contributed by atoms with van der Waals surface area (Å²) in [6.45, 7) is 1.31. The van der Waals surface area contributed by atoms with E-state index in [0.717, 1.165) is 6.42 Å². The molecule has 0 saturated carbocycles. The van der Waals surface area contributed by atoms with Crippen LogP contribution in [0.4, 0.5) is 0 Å².